The van der Waals surface area contributed by atoms with Gasteiger partial charge in [-0.1, -0.05) is 68.4 Å². The van der Waals surface area contributed by atoms with Crippen molar-refractivity contribution in [3.63, 3.8) is 0 Å². The maximum absolute atomic E-state index is 13.6. The summed E-state index contributed by atoms with van der Waals surface area (Å²) >= 11 is 0. The third-order valence-corrected chi connectivity index (χ3v) is 6.26. The highest BCUT2D eigenvalue weighted by Crippen LogP contribution is 2.35. The van der Waals surface area contributed by atoms with Crippen LogP contribution < -0.4 is 5.32 Å². The monoisotopic (exact) mass is 438 g/mol. The molecule has 0 saturated carbocycles. The summed E-state index contributed by atoms with van der Waals surface area (Å²) in [6.45, 7) is 19.5. The van der Waals surface area contributed by atoms with E-state index in [0.717, 1.165) is 6.42 Å². The van der Waals surface area contributed by atoms with Gasteiger partial charge in [-0.25, -0.2) is 4.79 Å². The molecule has 0 aromatic rings. The summed E-state index contributed by atoms with van der Waals surface area (Å²) < 4.78 is 0. The molecule has 0 fully saturated rings. The molecule has 0 unspecified atom stereocenters. The number of carboxylic acid groups (broad SMARTS) is 1. The van der Waals surface area contributed by atoms with Crippen molar-refractivity contribution in [1.29, 1.82) is 0 Å². The Labute approximate surface area is 189 Å². The zero-order valence-corrected chi connectivity index (χ0v) is 21.6. The van der Waals surface area contributed by atoms with E-state index in [2.05, 4.69) is 19.2 Å². The first-order chi connectivity index (χ1) is 14.0. The Morgan fingerprint density at radius 2 is 1.52 bits per heavy atom. The van der Waals surface area contributed by atoms with Crippen molar-refractivity contribution in [1.82, 2.24) is 10.2 Å². The lowest BCUT2D eigenvalue weighted by molar-refractivity contribution is -0.143. The number of amides is 2. The van der Waals surface area contributed by atoms with Gasteiger partial charge in [0.2, 0.25) is 11.8 Å². The fraction of sp³-hybridized carbons (Fsp3) is 0.800. The Hall–Kier alpha value is -1.85. The van der Waals surface area contributed by atoms with E-state index in [4.69, 9.17) is 0 Å². The predicted octanol–water partition coefficient (Wildman–Crippen LogP) is 4.88. The number of aliphatic carboxylic acids is 1. The first-order valence-corrected chi connectivity index (χ1v) is 11.5. The Kier molecular flexibility index (Phi) is 11.0. The molecule has 2 amide bonds. The molecule has 0 aromatic carbocycles. The molecular weight excluding hydrogens is 392 g/mol. The van der Waals surface area contributed by atoms with Crippen LogP contribution in [-0.4, -0.2) is 46.9 Å². The molecule has 0 bridgehead atoms. The van der Waals surface area contributed by atoms with Gasteiger partial charge in [-0.3, -0.25) is 9.59 Å². The zero-order chi connectivity index (χ0) is 24.7. The van der Waals surface area contributed by atoms with Crippen LogP contribution >= 0.6 is 0 Å². The largest absolute Gasteiger partial charge is 0.478 e. The van der Waals surface area contributed by atoms with Crippen LogP contribution in [-0.2, 0) is 14.4 Å². The highest BCUT2D eigenvalue weighted by Gasteiger charge is 2.42. The van der Waals surface area contributed by atoms with Gasteiger partial charge in [-0.15, -0.1) is 0 Å². The number of nitrogens with one attached hydrogen (secondary N) is 1. The van der Waals surface area contributed by atoms with Gasteiger partial charge in [0.1, 0.15) is 6.04 Å². The molecule has 0 aliphatic heterocycles. The van der Waals surface area contributed by atoms with Gasteiger partial charge in [0.15, 0.2) is 0 Å². The van der Waals surface area contributed by atoms with Crippen LogP contribution in [0.5, 0.6) is 0 Å². The van der Waals surface area contributed by atoms with E-state index in [1.165, 1.54) is 6.92 Å². The van der Waals surface area contributed by atoms with Crippen molar-refractivity contribution >= 4 is 17.8 Å². The molecule has 6 nitrogen and oxygen atoms in total. The minimum absolute atomic E-state index is 0.0193. The van der Waals surface area contributed by atoms with Crippen molar-refractivity contribution in [2.24, 2.45) is 22.7 Å². The van der Waals surface area contributed by atoms with E-state index >= 15 is 0 Å². The Balaban J connectivity index is 6.04. The highest BCUT2D eigenvalue weighted by molar-refractivity contribution is 5.91. The van der Waals surface area contributed by atoms with E-state index in [9.17, 15) is 19.5 Å². The molecule has 0 aliphatic carbocycles. The second-order valence-electron chi connectivity index (χ2n) is 10.7. The van der Waals surface area contributed by atoms with Gasteiger partial charge in [-0.2, -0.15) is 0 Å². The Bertz CT molecular complexity index is 655. The van der Waals surface area contributed by atoms with Gasteiger partial charge >= 0.3 is 5.97 Å². The third kappa shape index (κ3) is 7.97. The average molecular weight is 439 g/mol. The maximum atomic E-state index is 13.6. The van der Waals surface area contributed by atoms with Crippen molar-refractivity contribution in [3.05, 3.63) is 11.6 Å². The fourth-order valence-corrected chi connectivity index (χ4v) is 4.10. The van der Waals surface area contributed by atoms with Crippen LogP contribution in [0.1, 0.15) is 88.5 Å². The first-order valence-electron chi connectivity index (χ1n) is 11.5. The summed E-state index contributed by atoms with van der Waals surface area (Å²) in [5.41, 5.74) is -0.810. The number of carboxylic acids is 1. The fourth-order valence-electron chi connectivity index (χ4n) is 4.10. The lowest BCUT2D eigenvalue weighted by atomic mass is 9.74. The Morgan fingerprint density at radius 3 is 1.84 bits per heavy atom. The summed E-state index contributed by atoms with van der Waals surface area (Å²) in [6.07, 6.45) is 3.81. The number of carbonyl (C=O) groups is 3. The minimum atomic E-state index is -1.00. The SMILES string of the molecule is CCC(CC)(CC(C)C)C(=O)N[C@H](C(=O)N(C)[C@H](/C=C(\C)C(=O)O)C(C)C)C(C)(C)C. The molecule has 2 N–H and O–H groups in total. The summed E-state index contributed by atoms with van der Waals surface area (Å²) in [6, 6.07) is -1.10. The first kappa shape index (κ1) is 29.1. The molecule has 180 valence electrons. The number of carbonyl (C=O) groups excluding carboxylic acids is 2. The molecule has 31 heavy (non-hydrogen) atoms. The molecule has 0 saturated heterocycles. The van der Waals surface area contributed by atoms with Gasteiger partial charge in [0.25, 0.3) is 0 Å². The summed E-state index contributed by atoms with van der Waals surface area (Å²) in [4.78, 5) is 39.9. The quantitative estimate of drug-likeness (QED) is 0.450. The lowest BCUT2D eigenvalue weighted by Gasteiger charge is -2.40. The zero-order valence-electron chi connectivity index (χ0n) is 21.6. The van der Waals surface area contributed by atoms with Crippen molar-refractivity contribution < 1.29 is 19.5 Å². The van der Waals surface area contributed by atoms with Crippen LogP contribution in [0.2, 0.25) is 0 Å². The van der Waals surface area contributed by atoms with Crippen molar-refractivity contribution in [2.45, 2.75) is 101 Å². The van der Waals surface area contributed by atoms with Gasteiger partial charge in [-0.05, 0) is 43.4 Å². The Morgan fingerprint density at radius 1 is 1.03 bits per heavy atom. The van der Waals surface area contributed by atoms with Gasteiger partial charge in [0, 0.05) is 18.0 Å². The van der Waals surface area contributed by atoms with Gasteiger partial charge in [0.05, 0.1) is 6.04 Å². The van der Waals surface area contributed by atoms with Crippen LogP contribution in [0.25, 0.3) is 0 Å². The smallest absolute Gasteiger partial charge is 0.331 e. The van der Waals surface area contributed by atoms with Crippen molar-refractivity contribution in [2.75, 3.05) is 7.05 Å². The molecule has 2 atom stereocenters. The number of hydrogen-bond acceptors (Lipinski definition) is 3. The van der Waals surface area contributed by atoms with Crippen LogP contribution in [0.4, 0.5) is 0 Å². The van der Waals surface area contributed by atoms with Crippen LogP contribution in [0.3, 0.4) is 0 Å². The number of nitrogens with zero attached hydrogens (tertiary/aromatic N) is 1. The van der Waals surface area contributed by atoms with E-state index in [0.29, 0.717) is 18.8 Å². The summed E-state index contributed by atoms with van der Waals surface area (Å²) in [5.74, 6) is -0.903. The van der Waals surface area contributed by atoms with E-state index in [1.807, 2.05) is 48.5 Å². The highest BCUT2D eigenvalue weighted by atomic mass is 16.4. The minimum Gasteiger partial charge on any atom is -0.478 e. The molecule has 0 rings (SSSR count). The van der Waals surface area contributed by atoms with Crippen molar-refractivity contribution in [3.8, 4) is 0 Å². The third-order valence-electron chi connectivity index (χ3n) is 6.26. The molecule has 0 aliphatic rings. The molecular formula is C25H46N2O4. The summed E-state index contributed by atoms with van der Waals surface area (Å²) in [7, 11) is 1.69. The van der Waals surface area contributed by atoms with Crippen LogP contribution in [0, 0.1) is 22.7 Å². The molecule has 0 heterocycles. The van der Waals surface area contributed by atoms with E-state index in [-0.39, 0.29) is 29.3 Å². The molecule has 6 heteroatoms. The van der Waals surface area contributed by atoms with Gasteiger partial charge < -0.3 is 15.3 Å². The number of hydrogen-bond donors (Lipinski definition) is 2. The molecule has 0 aromatic heterocycles. The number of rotatable bonds is 11. The lowest BCUT2D eigenvalue weighted by Crippen LogP contribution is -2.58. The predicted molar refractivity (Wildman–Crippen MR) is 127 cm³/mol. The van der Waals surface area contributed by atoms with E-state index in [1.54, 1.807) is 18.0 Å². The van der Waals surface area contributed by atoms with E-state index < -0.39 is 22.8 Å². The number of likely N-dealkylation sites (N-methyl/N-ethyl adjacent to an activating group) is 1. The normalized spacial score (nSPS) is 15.1. The van der Waals surface area contributed by atoms with Crippen LogP contribution in [0.15, 0.2) is 11.6 Å². The summed E-state index contributed by atoms with van der Waals surface area (Å²) in [5, 5.41) is 12.4. The second-order valence-corrected chi connectivity index (χ2v) is 10.7. The molecule has 0 spiro atoms. The average Bonchev–Trinajstić information content (AvgIpc) is 2.65. The standard InChI is InChI=1S/C25H46N2O4/c1-12-25(13-2,15-16(3)4)23(31)26-20(24(8,9)10)21(28)27(11)19(17(5)6)14-18(7)22(29)30/h14,16-17,19-20H,12-13,15H2,1-11H3,(H,26,31)(H,29,30)/b18-14+/t19-,20-/m1/s1. The maximum Gasteiger partial charge on any atom is 0.331 e. The molecule has 0 radical (unpaired) electrons. The topological polar surface area (TPSA) is 86.7 Å². The second kappa shape index (κ2) is 11.7.